The Hall–Kier alpha value is -3.19. The Kier molecular flexibility index (Phi) is 7.74. The fraction of sp³-hybridized carbons (Fsp3) is 0.500. The molecule has 2 aliphatic heterocycles. The average Bonchev–Trinajstić information content (AvgIpc) is 3.22. The van der Waals surface area contributed by atoms with Crippen LogP contribution in [-0.2, 0) is 14.3 Å². The summed E-state index contributed by atoms with van der Waals surface area (Å²) in [7, 11) is 0. The molecule has 7 heteroatoms. The fourth-order valence-electron chi connectivity index (χ4n) is 5.32. The van der Waals surface area contributed by atoms with Gasteiger partial charge in [0.1, 0.15) is 11.8 Å². The van der Waals surface area contributed by atoms with Gasteiger partial charge in [-0.2, -0.15) is 0 Å². The summed E-state index contributed by atoms with van der Waals surface area (Å²) in [5.41, 5.74) is 1.39. The zero-order valence-electron chi connectivity index (χ0n) is 22.6. The highest BCUT2D eigenvalue weighted by atomic mass is 16.5. The molecule has 0 radical (unpaired) electrons. The monoisotopic (exact) mass is 505 g/mol. The maximum Gasteiger partial charge on any atom is 0.257 e. The van der Waals surface area contributed by atoms with E-state index in [2.05, 4.69) is 26.1 Å². The number of aryl methyl sites for hydroxylation is 1. The summed E-state index contributed by atoms with van der Waals surface area (Å²) in [5, 5.41) is 3.09. The topological polar surface area (TPSA) is 79.0 Å². The highest BCUT2D eigenvalue weighted by Crippen LogP contribution is 2.39. The predicted molar refractivity (Wildman–Crippen MR) is 143 cm³/mol. The van der Waals surface area contributed by atoms with E-state index in [0.29, 0.717) is 37.9 Å². The van der Waals surface area contributed by atoms with Crippen molar-refractivity contribution < 1.29 is 19.1 Å². The Labute approximate surface area is 220 Å². The summed E-state index contributed by atoms with van der Waals surface area (Å²) in [6.45, 7) is 11.1. The number of rotatable bonds is 5. The lowest BCUT2D eigenvalue weighted by Gasteiger charge is -2.45. The minimum Gasteiger partial charge on any atom is -0.353 e. The van der Waals surface area contributed by atoms with Gasteiger partial charge < -0.3 is 15.0 Å². The van der Waals surface area contributed by atoms with E-state index in [1.165, 1.54) is 0 Å². The highest BCUT2D eigenvalue weighted by Gasteiger charge is 2.54. The van der Waals surface area contributed by atoms with Crippen molar-refractivity contribution >= 4 is 17.7 Å². The summed E-state index contributed by atoms with van der Waals surface area (Å²) < 4.78 is 6.33. The number of ether oxygens (including phenoxy) is 1. The number of benzene rings is 2. The lowest BCUT2D eigenvalue weighted by molar-refractivity contribution is -0.145. The fourth-order valence-corrected chi connectivity index (χ4v) is 5.32. The summed E-state index contributed by atoms with van der Waals surface area (Å²) in [6, 6.07) is 16.2. The maximum atomic E-state index is 14.0. The van der Waals surface area contributed by atoms with Crippen molar-refractivity contribution in [1.82, 2.24) is 15.1 Å². The van der Waals surface area contributed by atoms with Gasteiger partial charge in [-0.25, -0.2) is 0 Å². The van der Waals surface area contributed by atoms with Crippen LogP contribution in [0.15, 0.2) is 54.6 Å². The number of hydrogen-bond donors (Lipinski definition) is 1. The van der Waals surface area contributed by atoms with Crippen molar-refractivity contribution in [2.24, 2.45) is 5.41 Å². The van der Waals surface area contributed by atoms with Gasteiger partial charge in [0.2, 0.25) is 11.8 Å². The third-order valence-corrected chi connectivity index (χ3v) is 7.39. The largest absolute Gasteiger partial charge is 0.353 e. The zero-order chi connectivity index (χ0) is 26.8. The van der Waals surface area contributed by atoms with Crippen LogP contribution in [0, 0.1) is 12.3 Å². The molecule has 4 rings (SSSR count). The van der Waals surface area contributed by atoms with Crippen LogP contribution >= 0.6 is 0 Å². The van der Waals surface area contributed by atoms with E-state index in [1.807, 2.05) is 67.3 Å². The Morgan fingerprint density at radius 2 is 1.65 bits per heavy atom. The molecule has 3 amide bonds. The minimum atomic E-state index is -0.921. The lowest BCUT2D eigenvalue weighted by atomic mass is 9.90. The number of likely N-dealkylation sites (tertiary alicyclic amines) is 1. The molecule has 198 valence electrons. The quantitative estimate of drug-likeness (QED) is 0.650. The molecule has 2 saturated heterocycles. The summed E-state index contributed by atoms with van der Waals surface area (Å²) in [5.74, 6) is -0.331. The number of amides is 3. The standard InChI is InChI=1S/C30H39N3O4/c1-21-11-9-10-14-24(21)28(36)33-25(27(35)31-22(2)23-12-7-6-8-13-23)20-37-30(33)15-17-32(18-16-30)26(34)19-29(3,4)5/h6-14,22,25H,15-20H2,1-5H3,(H,31,35)/t22-,25+/m1/s1. The van der Waals surface area contributed by atoms with Crippen molar-refractivity contribution in [1.29, 1.82) is 0 Å². The molecule has 1 N–H and O–H groups in total. The van der Waals surface area contributed by atoms with Gasteiger partial charge in [0.15, 0.2) is 0 Å². The Bertz CT molecular complexity index is 1130. The summed E-state index contributed by atoms with van der Waals surface area (Å²) in [6.07, 6.45) is 1.41. The first kappa shape index (κ1) is 26.9. The molecule has 2 aromatic rings. The van der Waals surface area contributed by atoms with Crippen LogP contribution in [0.5, 0.6) is 0 Å². The first-order chi connectivity index (χ1) is 17.5. The first-order valence-electron chi connectivity index (χ1n) is 13.2. The molecule has 2 atom stereocenters. The number of piperidine rings is 1. The van der Waals surface area contributed by atoms with Crippen LogP contribution in [0.25, 0.3) is 0 Å². The molecule has 0 aliphatic carbocycles. The molecule has 2 fully saturated rings. The Balaban J connectivity index is 1.58. The van der Waals surface area contributed by atoms with E-state index in [-0.39, 0.29) is 35.8 Å². The van der Waals surface area contributed by atoms with Gasteiger partial charge in [0.05, 0.1) is 12.6 Å². The minimum absolute atomic E-state index is 0.0957. The number of hydrogen-bond acceptors (Lipinski definition) is 4. The van der Waals surface area contributed by atoms with Crippen molar-refractivity contribution in [3.63, 3.8) is 0 Å². The van der Waals surface area contributed by atoms with Gasteiger partial charge in [0, 0.05) is 37.9 Å². The third-order valence-electron chi connectivity index (χ3n) is 7.39. The molecule has 2 aromatic carbocycles. The molecule has 37 heavy (non-hydrogen) atoms. The second kappa shape index (κ2) is 10.7. The Morgan fingerprint density at radius 1 is 1.03 bits per heavy atom. The number of nitrogens with one attached hydrogen (secondary N) is 1. The SMILES string of the molecule is Cc1ccccc1C(=O)N1[C@H](C(=O)N[C@H](C)c2ccccc2)COC12CCN(C(=O)CC(C)(C)C)CC2. The highest BCUT2D eigenvalue weighted by molar-refractivity contribution is 5.99. The van der Waals surface area contributed by atoms with E-state index >= 15 is 0 Å². The third kappa shape index (κ3) is 5.87. The van der Waals surface area contributed by atoms with Crippen molar-refractivity contribution in [3.05, 3.63) is 71.3 Å². The smallest absolute Gasteiger partial charge is 0.257 e. The molecule has 1 spiro atoms. The van der Waals surface area contributed by atoms with Gasteiger partial charge >= 0.3 is 0 Å². The molecule has 2 heterocycles. The number of nitrogens with zero attached hydrogens (tertiary/aromatic N) is 2. The summed E-state index contributed by atoms with van der Waals surface area (Å²) >= 11 is 0. The van der Waals surface area contributed by atoms with Gasteiger partial charge in [0.25, 0.3) is 5.91 Å². The molecule has 2 aliphatic rings. The second-order valence-corrected chi connectivity index (χ2v) is 11.5. The molecule has 7 nitrogen and oxygen atoms in total. The van der Waals surface area contributed by atoms with Crippen LogP contribution in [0.4, 0.5) is 0 Å². The molecule has 0 unspecified atom stereocenters. The Morgan fingerprint density at radius 3 is 2.27 bits per heavy atom. The number of carbonyl (C=O) groups is 3. The predicted octanol–water partition coefficient (Wildman–Crippen LogP) is 4.47. The van der Waals surface area contributed by atoms with Crippen molar-refractivity contribution in [2.75, 3.05) is 19.7 Å². The van der Waals surface area contributed by atoms with E-state index in [9.17, 15) is 14.4 Å². The molecular weight excluding hydrogens is 466 g/mol. The van der Waals surface area contributed by atoms with Gasteiger partial charge in [-0.05, 0) is 36.5 Å². The van der Waals surface area contributed by atoms with Crippen LogP contribution < -0.4 is 5.32 Å². The van der Waals surface area contributed by atoms with Crippen LogP contribution in [-0.4, -0.2) is 59.0 Å². The van der Waals surface area contributed by atoms with E-state index in [1.54, 1.807) is 11.0 Å². The lowest BCUT2D eigenvalue weighted by Crippen LogP contribution is -2.60. The van der Waals surface area contributed by atoms with Crippen molar-refractivity contribution in [3.8, 4) is 0 Å². The van der Waals surface area contributed by atoms with Crippen molar-refractivity contribution in [2.45, 2.75) is 71.7 Å². The first-order valence-corrected chi connectivity index (χ1v) is 13.2. The molecule has 0 bridgehead atoms. The van der Waals surface area contributed by atoms with E-state index < -0.39 is 11.8 Å². The van der Waals surface area contributed by atoms with Gasteiger partial charge in [-0.15, -0.1) is 0 Å². The molecular formula is C30H39N3O4. The molecule has 0 saturated carbocycles. The molecule has 0 aromatic heterocycles. The normalized spacial score (nSPS) is 20.1. The average molecular weight is 506 g/mol. The van der Waals surface area contributed by atoms with Crippen LogP contribution in [0.3, 0.4) is 0 Å². The number of carbonyl (C=O) groups excluding carboxylic acids is 3. The van der Waals surface area contributed by atoms with Gasteiger partial charge in [-0.3, -0.25) is 19.3 Å². The van der Waals surface area contributed by atoms with Crippen LogP contribution in [0.1, 0.15) is 74.5 Å². The maximum absolute atomic E-state index is 14.0. The zero-order valence-corrected chi connectivity index (χ0v) is 22.6. The van der Waals surface area contributed by atoms with E-state index in [4.69, 9.17) is 4.74 Å². The summed E-state index contributed by atoms with van der Waals surface area (Å²) in [4.78, 5) is 44.0. The van der Waals surface area contributed by atoms with Gasteiger partial charge in [-0.1, -0.05) is 69.3 Å². The van der Waals surface area contributed by atoms with Crippen LogP contribution in [0.2, 0.25) is 0 Å². The van der Waals surface area contributed by atoms with E-state index in [0.717, 1.165) is 11.1 Å². The second-order valence-electron chi connectivity index (χ2n) is 11.5.